The van der Waals surface area contributed by atoms with E-state index < -0.39 is 164 Å². The number of alkyl carbamates (subject to hydrolysis) is 1. The lowest BCUT2D eigenvalue weighted by molar-refractivity contribution is -0.343. The van der Waals surface area contributed by atoms with Gasteiger partial charge in [0, 0.05) is 65.2 Å². The van der Waals surface area contributed by atoms with E-state index in [0.29, 0.717) is 40.3 Å². The fourth-order valence-corrected chi connectivity index (χ4v) is 17.1. The van der Waals surface area contributed by atoms with Gasteiger partial charge in [0.1, 0.15) is 53.7 Å². The van der Waals surface area contributed by atoms with Crippen molar-refractivity contribution in [3.63, 3.8) is 0 Å². The summed E-state index contributed by atoms with van der Waals surface area (Å²) in [6.45, 7) is 14.2. The van der Waals surface area contributed by atoms with Crippen molar-refractivity contribution in [2.75, 3.05) is 66.8 Å². The van der Waals surface area contributed by atoms with E-state index in [-0.39, 0.29) is 65.6 Å². The molecule has 3 amide bonds. The summed E-state index contributed by atoms with van der Waals surface area (Å²) < 4.78 is 73.2. The molecule has 28 nitrogen and oxygen atoms in total. The Morgan fingerprint density at radius 3 is 2.24 bits per heavy atom. The van der Waals surface area contributed by atoms with Gasteiger partial charge in [-0.3, -0.25) is 24.0 Å². The number of hydrogen-bond acceptors (Lipinski definition) is 27. The maximum absolute atomic E-state index is 14.5. The van der Waals surface area contributed by atoms with Gasteiger partial charge in [0.15, 0.2) is 44.5 Å². The number of hydroxylamine groups is 1. The van der Waals surface area contributed by atoms with E-state index in [0.717, 1.165) is 18.9 Å². The highest BCUT2D eigenvalue weighted by molar-refractivity contribution is 14.1. The minimum absolute atomic E-state index is 0.00798. The summed E-state index contributed by atoms with van der Waals surface area (Å²) in [6.07, 6.45) is -13.9. The first kappa shape index (κ1) is 77.5. The minimum Gasteiger partial charge on any atom is -0.492 e. The number of carbonyl (C=O) groups excluding carboxylic acids is 5. The fourth-order valence-electron chi connectivity index (χ4n) is 13.6. The summed E-state index contributed by atoms with van der Waals surface area (Å²) in [4.78, 5) is 85.6. The molecule has 4 heterocycles. The molecular weight excluding hydrogens is 1430 g/mol. The second-order valence-electron chi connectivity index (χ2n) is 25.2. The zero-order chi connectivity index (χ0) is 70.3. The van der Waals surface area contributed by atoms with Crippen LogP contribution in [0.25, 0.3) is 0 Å². The summed E-state index contributed by atoms with van der Waals surface area (Å²) in [6, 6.07) is -2.48. The van der Waals surface area contributed by atoms with Crippen molar-refractivity contribution < 1.29 is 116 Å². The fraction of sp³-hybridized carbons (Fsp3) is 0.703. The molecule has 22 atom stereocenters. The van der Waals surface area contributed by atoms with Crippen molar-refractivity contribution in [3.05, 3.63) is 38.5 Å². The number of carbonyl (C=O) groups is 5. The van der Waals surface area contributed by atoms with Crippen molar-refractivity contribution >= 4 is 83.2 Å². The van der Waals surface area contributed by atoms with Crippen molar-refractivity contribution in [2.45, 2.75) is 208 Å². The van der Waals surface area contributed by atoms with Crippen molar-refractivity contribution in [2.24, 2.45) is 11.3 Å². The Labute approximate surface area is 582 Å². The largest absolute Gasteiger partial charge is 0.492 e. The Kier molecular flexibility index (Phi) is 27.1. The topological polar surface area (TPSA) is 366 Å². The lowest BCUT2D eigenvalue weighted by Gasteiger charge is -2.60. The van der Waals surface area contributed by atoms with E-state index in [1.165, 1.54) is 59.3 Å². The van der Waals surface area contributed by atoms with Crippen LogP contribution in [-0.2, 0) is 61.9 Å². The summed E-state index contributed by atoms with van der Waals surface area (Å²) in [5.41, 5.74) is -0.0627. The number of likely N-dealkylation sites (N-methyl/N-ethyl adjacent to an activating group) is 1. The van der Waals surface area contributed by atoms with E-state index in [2.05, 4.69) is 39.8 Å². The van der Waals surface area contributed by atoms with E-state index in [1.54, 1.807) is 38.7 Å². The third kappa shape index (κ3) is 16.5. The maximum Gasteiger partial charge on any atom is 0.407 e. The van der Waals surface area contributed by atoms with Crippen molar-refractivity contribution in [1.29, 1.82) is 0 Å². The van der Waals surface area contributed by atoms with Crippen LogP contribution >= 0.6 is 46.1 Å². The summed E-state index contributed by atoms with van der Waals surface area (Å²) in [7, 11) is 4.38. The predicted molar refractivity (Wildman–Crippen MR) is 358 cm³/mol. The predicted octanol–water partition coefficient (Wildman–Crippen LogP) is 1.96. The number of benzene rings is 1. The number of Topliss-reactive ketones (excluding diaryl/α,β-unsaturated/α-hetero) is 1. The number of ether oxygens (including phenoxy) is 12. The highest BCUT2D eigenvalue weighted by Gasteiger charge is 2.79. The first-order chi connectivity index (χ1) is 45.5. The molecule has 0 aromatic heterocycles. The van der Waals surface area contributed by atoms with Crippen LogP contribution in [0.15, 0.2) is 23.8 Å². The van der Waals surface area contributed by atoms with Gasteiger partial charge in [-0.25, -0.2) is 4.79 Å². The molecule has 534 valence electrons. The second-order valence-corrected chi connectivity index (χ2v) is 32.6. The molecule has 0 radical (unpaired) electrons. The number of nitrogens with zero attached hydrogens (tertiary/aromatic N) is 1. The van der Waals surface area contributed by atoms with Gasteiger partial charge >= 0.3 is 6.09 Å². The van der Waals surface area contributed by atoms with Crippen molar-refractivity contribution in [3.8, 4) is 40.9 Å². The van der Waals surface area contributed by atoms with Gasteiger partial charge in [-0.15, -0.1) is 11.8 Å². The number of halogens is 1. The Morgan fingerprint density at radius 1 is 0.885 bits per heavy atom. The lowest BCUT2D eigenvalue weighted by Crippen LogP contribution is -2.72. The van der Waals surface area contributed by atoms with E-state index in [9.17, 15) is 54.3 Å². The van der Waals surface area contributed by atoms with Gasteiger partial charge in [-0.2, -0.15) is 5.48 Å². The average Bonchev–Trinajstić information content (AvgIpc) is 1.43. The van der Waals surface area contributed by atoms with Crippen LogP contribution in [0, 0.1) is 45.5 Å². The number of aliphatic hydroxyl groups excluding tert-OH is 4. The van der Waals surface area contributed by atoms with Gasteiger partial charge in [-0.1, -0.05) is 41.5 Å². The van der Waals surface area contributed by atoms with Gasteiger partial charge in [-0.05, 0) is 106 Å². The third-order valence-electron chi connectivity index (χ3n) is 18.5. The highest BCUT2D eigenvalue weighted by Crippen LogP contribution is 2.67. The van der Waals surface area contributed by atoms with Crippen LogP contribution in [0.2, 0.25) is 19.1 Å². The Morgan fingerprint density at radius 2 is 1.59 bits per heavy atom. The number of hydrogen-bond donors (Lipinski definition) is 9. The molecule has 8 rings (SSSR count). The minimum atomic E-state index is -2.30. The lowest BCUT2D eigenvalue weighted by atomic mass is 9.45. The van der Waals surface area contributed by atoms with Crippen LogP contribution in [-0.4, -0.2) is 260 Å². The molecule has 4 aliphatic heterocycles. The number of ketones is 1. The third-order valence-corrected chi connectivity index (χ3v) is 23.6. The van der Waals surface area contributed by atoms with Crippen LogP contribution in [0.5, 0.6) is 17.2 Å². The van der Waals surface area contributed by atoms with Crippen molar-refractivity contribution in [1.82, 2.24) is 21.0 Å². The molecule has 0 bridgehead atoms. The van der Waals surface area contributed by atoms with Crippen LogP contribution in [0.4, 0.5) is 4.79 Å². The van der Waals surface area contributed by atoms with Crippen LogP contribution in [0.3, 0.4) is 0 Å². The zero-order valence-electron chi connectivity index (χ0n) is 56.0. The molecule has 4 saturated heterocycles. The van der Waals surface area contributed by atoms with E-state index in [1.807, 2.05) is 42.6 Å². The molecule has 96 heavy (non-hydrogen) atoms. The number of allylic oxidation sites excluding steroid dienone is 2. The number of aliphatic hydroxyl groups is 5. The molecule has 1 aromatic carbocycles. The average molecular weight is 1520 g/mol. The SMILES string of the molecule is CCN(C(C)=O)C1COC(OC2C(O[C@H]3C#C/C=C\C#CC45C(NC(=O)OC)C(=O)CC4(O)/C(=C/CSCC(=O)NCCC[Si](C)(C)O)C35)OC(C)C(NOC3CC(O)C(SC(=O)c4c(C)c(I)c(OC5OC(C)C(O)C(OC)C5O)c(OC)c4OC)C(C)O3)C2O)CC1OC. The highest BCUT2D eigenvalue weighted by atomic mass is 127. The van der Waals surface area contributed by atoms with E-state index >= 15 is 0 Å². The van der Waals surface area contributed by atoms with E-state index in [4.69, 9.17) is 61.7 Å². The zero-order valence-corrected chi connectivity index (χ0v) is 60.8. The Hall–Kier alpha value is -4.22. The Bertz CT molecular complexity index is 3150. The molecule has 2 saturated carbocycles. The van der Waals surface area contributed by atoms with Gasteiger partial charge < -0.3 is 103 Å². The first-order valence-corrected chi connectivity index (χ1v) is 38.0. The summed E-state index contributed by atoms with van der Waals surface area (Å²) in [5.74, 6) is 10.4. The molecule has 1 spiro atoms. The molecule has 7 aliphatic rings. The number of nitrogens with one attached hydrogen (secondary N) is 3. The monoisotopic (exact) mass is 1520 g/mol. The van der Waals surface area contributed by atoms with Crippen LogP contribution in [0.1, 0.15) is 76.2 Å². The quantitative estimate of drug-likeness (QED) is 0.0160. The standard InChI is InChI=1S/C64H91IN4O24S2Si/c1-14-69(35(6)70)37-29-86-43(27-41(37)81-7)91-55-50(75)48(68-93-44-26-38(71)57(34(5)87-44)95-59(77)45-31(2)47(65)53(56(84-10)52(45)82-8)92-60-51(76)54(83-9)49(74)33(4)89-60)32(3)88-61(55)90-40-20-17-15-16-18-22-63-46(40)36(64(63,79)28-39(72)58(63)67-62(78)85-11)21-24-94-30-42(73)66-23-19-25-96(12,13)80/h15-16,21,32-34,37-38,40-41,43-44,46,48-51,54-55,57-58,60-61,68,71,74-76,79-80H,14,19,23-30H2,1-13H3,(H,66,73)(H,67,78)/b16-15-,36-21+/t32?,33?,34?,37?,38?,40-,41?,43?,44?,46?,48?,49?,50?,51?,54?,55?,57?,58?,60?,61?,63?,64?/m0/s1. The Balaban J connectivity index is 1.03. The first-order valence-electron chi connectivity index (χ1n) is 31.8. The molecule has 6 fully saturated rings. The normalized spacial score (nSPS) is 36.3. The molecule has 9 N–H and O–H groups in total. The molecule has 3 aliphatic carbocycles. The number of thioether (sulfide) groups is 2. The smallest absolute Gasteiger partial charge is 0.407 e. The number of rotatable bonds is 26. The number of amides is 3. The summed E-state index contributed by atoms with van der Waals surface area (Å²) >= 11 is 4.04. The molecule has 21 unspecified atom stereocenters. The maximum atomic E-state index is 14.5. The molecule has 32 heteroatoms. The second kappa shape index (κ2) is 33.5. The van der Waals surface area contributed by atoms with Gasteiger partial charge in [0.05, 0.1) is 90.7 Å². The summed E-state index contributed by atoms with van der Waals surface area (Å²) in [5, 5.41) is 63.3. The number of methoxy groups -OCH3 is 5. The van der Waals surface area contributed by atoms with Crippen LogP contribution < -0.4 is 30.3 Å². The molecular formula is C64H91IN4O24S2Si. The van der Waals surface area contributed by atoms with Gasteiger partial charge in [0.25, 0.3) is 0 Å². The molecule has 1 aromatic rings. The van der Waals surface area contributed by atoms with Gasteiger partial charge in [0.2, 0.25) is 29.0 Å².